The van der Waals surface area contributed by atoms with Crippen molar-refractivity contribution < 1.29 is 0 Å². The smallest absolute Gasteiger partial charge is 0.245 e. The summed E-state index contributed by atoms with van der Waals surface area (Å²) in [5, 5.41) is 15.3. The quantitative estimate of drug-likeness (QED) is 0.850. The zero-order chi connectivity index (χ0) is 14.4. The molecular formula is C14H21N7. The van der Waals surface area contributed by atoms with Gasteiger partial charge in [-0.1, -0.05) is 0 Å². The van der Waals surface area contributed by atoms with Crippen LogP contribution in [-0.4, -0.2) is 50.6 Å². The number of piperidine rings is 1. The van der Waals surface area contributed by atoms with E-state index >= 15 is 0 Å². The molecular weight excluding hydrogens is 266 g/mol. The largest absolute Gasteiger partial charge is 0.338 e. The summed E-state index contributed by atoms with van der Waals surface area (Å²) < 4.78 is 1.85. The van der Waals surface area contributed by atoms with Crippen LogP contribution in [0, 0.1) is 12.8 Å². The summed E-state index contributed by atoms with van der Waals surface area (Å²) in [6, 6.07) is 0.598. The van der Waals surface area contributed by atoms with Crippen molar-refractivity contribution in [1.82, 2.24) is 30.3 Å². The van der Waals surface area contributed by atoms with Crippen LogP contribution in [0.25, 0.3) is 11.4 Å². The number of nitrogens with zero attached hydrogens (tertiary/aromatic N) is 5. The second kappa shape index (κ2) is 4.84. The third-order valence-electron chi connectivity index (χ3n) is 4.85. The van der Waals surface area contributed by atoms with Gasteiger partial charge >= 0.3 is 0 Å². The van der Waals surface area contributed by atoms with Gasteiger partial charge in [-0.15, -0.1) is 5.10 Å². The van der Waals surface area contributed by atoms with Gasteiger partial charge in [-0.3, -0.25) is 9.78 Å². The molecule has 0 aromatic carbocycles. The van der Waals surface area contributed by atoms with E-state index in [4.69, 9.17) is 0 Å². The Bertz CT molecular complexity index is 630. The summed E-state index contributed by atoms with van der Waals surface area (Å²) in [6.45, 7) is 5.25. The molecule has 2 aromatic rings. The van der Waals surface area contributed by atoms with Gasteiger partial charge in [0, 0.05) is 31.9 Å². The molecule has 2 atom stereocenters. The maximum atomic E-state index is 4.67. The Hall–Kier alpha value is -1.89. The van der Waals surface area contributed by atoms with Crippen molar-refractivity contribution >= 4 is 5.95 Å². The summed E-state index contributed by atoms with van der Waals surface area (Å²) in [6.07, 6.45) is 4.43. The average molecular weight is 287 g/mol. The predicted octanol–water partition coefficient (Wildman–Crippen LogP) is 0.702. The fraction of sp³-hybridized carbons (Fsp3) is 0.643. The van der Waals surface area contributed by atoms with Crippen LogP contribution in [-0.2, 0) is 7.05 Å². The van der Waals surface area contributed by atoms with Gasteiger partial charge in [-0.2, -0.15) is 10.1 Å². The van der Waals surface area contributed by atoms with E-state index < -0.39 is 0 Å². The fourth-order valence-electron chi connectivity index (χ4n) is 3.46. The monoisotopic (exact) mass is 287 g/mol. The van der Waals surface area contributed by atoms with Crippen molar-refractivity contribution in [3.63, 3.8) is 0 Å². The zero-order valence-electron chi connectivity index (χ0n) is 12.5. The number of aromatic nitrogens is 5. The van der Waals surface area contributed by atoms with Crippen molar-refractivity contribution in [2.45, 2.75) is 25.8 Å². The van der Waals surface area contributed by atoms with E-state index in [2.05, 4.69) is 30.5 Å². The van der Waals surface area contributed by atoms with E-state index in [1.165, 1.54) is 12.8 Å². The molecule has 7 heteroatoms. The number of anilines is 1. The van der Waals surface area contributed by atoms with E-state index in [1.807, 2.05) is 24.9 Å². The number of aryl methyl sites for hydroxylation is 1. The molecule has 0 saturated carbocycles. The molecule has 2 unspecified atom stereocenters. The number of rotatable bonds is 2. The number of aromatic amines is 1. The van der Waals surface area contributed by atoms with Crippen molar-refractivity contribution in [1.29, 1.82) is 0 Å². The summed E-state index contributed by atoms with van der Waals surface area (Å²) in [5.74, 6) is 2.35. The van der Waals surface area contributed by atoms with Crippen LogP contribution in [0.5, 0.6) is 0 Å². The molecule has 2 aromatic heterocycles. The van der Waals surface area contributed by atoms with Crippen LogP contribution in [0.3, 0.4) is 0 Å². The molecule has 2 saturated heterocycles. The van der Waals surface area contributed by atoms with Gasteiger partial charge in [-0.25, -0.2) is 0 Å². The Morgan fingerprint density at radius 1 is 1.33 bits per heavy atom. The lowest BCUT2D eigenvalue weighted by Crippen LogP contribution is -2.40. The molecule has 0 spiro atoms. The van der Waals surface area contributed by atoms with Gasteiger partial charge < -0.3 is 10.2 Å². The van der Waals surface area contributed by atoms with Crippen LogP contribution in [0.2, 0.25) is 0 Å². The number of fused-ring (bicyclic) bond motifs is 1. The number of hydrogen-bond acceptors (Lipinski definition) is 5. The molecule has 0 bridgehead atoms. The van der Waals surface area contributed by atoms with Crippen LogP contribution < -0.4 is 10.2 Å². The Balaban J connectivity index is 1.56. The molecule has 7 nitrogen and oxygen atoms in total. The first-order valence-electron chi connectivity index (χ1n) is 7.62. The highest BCUT2D eigenvalue weighted by atomic mass is 15.4. The van der Waals surface area contributed by atoms with Gasteiger partial charge in [0.25, 0.3) is 0 Å². The maximum absolute atomic E-state index is 4.67. The predicted molar refractivity (Wildman–Crippen MR) is 80.0 cm³/mol. The fourth-order valence-corrected chi connectivity index (χ4v) is 3.46. The lowest BCUT2D eigenvalue weighted by atomic mass is 9.94. The minimum atomic E-state index is 0.598. The molecule has 4 rings (SSSR count). The van der Waals surface area contributed by atoms with Crippen molar-refractivity contribution in [2.24, 2.45) is 13.0 Å². The maximum Gasteiger partial charge on any atom is 0.245 e. The molecule has 2 N–H and O–H groups in total. The van der Waals surface area contributed by atoms with Crippen LogP contribution in [0.15, 0.2) is 6.20 Å². The first-order chi connectivity index (χ1) is 10.2. The normalized spacial score (nSPS) is 25.3. The Morgan fingerprint density at radius 2 is 2.24 bits per heavy atom. The van der Waals surface area contributed by atoms with Crippen molar-refractivity contribution in [2.75, 3.05) is 24.5 Å². The standard InChI is InChI=1S/C14H21N7/c1-9-11(6-16-20(9)2)13-17-14(19-18-13)21-7-10-4-3-5-15-12(10)8-21/h6,10,12,15H,3-5,7-8H2,1-2H3,(H,17,18,19). The highest BCUT2D eigenvalue weighted by Gasteiger charge is 2.35. The van der Waals surface area contributed by atoms with E-state index in [1.54, 1.807) is 0 Å². The highest BCUT2D eigenvalue weighted by molar-refractivity contribution is 5.58. The van der Waals surface area contributed by atoms with E-state index in [0.717, 1.165) is 48.6 Å². The summed E-state index contributed by atoms with van der Waals surface area (Å²) in [7, 11) is 1.94. The zero-order valence-corrected chi connectivity index (χ0v) is 12.5. The Morgan fingerprint density at radius 3 is 3.00 bits per heavy atom. The first kappa shape index (κ1) is 12.8. The van der Waals surface area contributed by atoms with Gasteiger partial charge in [-0.05, 0) is 32.2 Å². The Kier molecular flexibility index (Phi) is 2.95. The van der Waals surface area contributed by atoms with Gasteiger partial charge in [0.15, 0.2) is 5.82 Å². The van der Waals surface area contributed by atoms with Crippen LogP contribution in [0.1, 0.15) is 18.5 Å². The molecule has 4 heterocycles. The van der Waals surface area contributed by atoms with Crippen LogP contribution in [0.4, 0.5) is 5.95 Å². The first-order valence-corrected chi connectivity index (χ1v) is 7.62. The molecule has 112 valence electrons. The van der Waals surface area contributed by atoms with E-state index in [0.29, 0.717) is 6.04 Å². The van der Waals surface area contributed by atoms with Crippen molar-refractivity contribution in [3.05, 3.63) is 11.9 Å². The summed E-state index contributed by atoms with van der Waals surface area (Å²) >= 11 is 0. The molecule has 0 radical (unpaired) electrons. The molecule has 0 aliphatic carbocycles. The van der Waals surface area contributed by atoms with E-state index in [-0.39, 0.29) is 0 Å². The Labute approximate surface area is 123 Å². The second-order valence-electron chi connectivity index (χ2n) is 6.12. The van der Waals surface area contributed by atoms with Gasteiger partial charge in [0.1, 0.15) is 0 Å². The second-order valence-corrected chi connectivity index (χ2v) is 6.12. The summed E-state index contributed by atoms with van der Waals surface area (Å²) in [5.41, 5.74) is 2.11. The number of H-pyrrole nitrogens is 1. The number of nitrogens with one attached hydrogen (secondary N) is 2. The third kappa shape index (κ3) is 2.12. The molecule has 2 fully saturated rings. The highest BCUT2D eigenvalue weighted by Crippen LogP contribution is 2.28. The molecule has 2 aliphatic rings. The molecule has 0 amide bonds. The van der Waals surface area contributed by atoms with Gasteiger partial charge in [0.2, 0.25) is 5.95 Å². The van der Waals surface area contributed by atoms with Gasteiger partial charge in [0.05, 0.1) is 11.8 Å². The minimum Gasteiger partial charge on any atom is -0.338 e. The van der Waals surface area contributed by atoms with Crippen molar-refractivity contribution in [3.8, 4) is 11.4 Å². The minimum absolute atomic E-state index is 0.598. The lowest BCUT2D eigenvalue weighted by Gasteiger charge is -2.24. The average Bonchev–Trinajstić information content (AvgIpc) is 3.18. The lowest BCUT2D eigenvalue weighted by molar-refractivity contribution is 0.340. The molecule has 2 aliphatic heterocycles. The van der Waals surface area contributed by atoms with E-state index in [9.17, 15) is 0 Å². The third-order valence-corrected chi connectivity index (χ3v) is 4.85. The summed E-state index contributed by atoms with van der Waals surface area (Å²) in [4.78, 5) is 6.96. The SMILES string of the molecule is Cc1c(-c2nc(N3CC4CCCNC4C3)n[nH]2)cnn1C. The number of hydrogen-bond donors (Lipinski definition) is 2. The molecule has 21 heavy (non-hydrogen) atoms. The topological polar surface area (TPSA) is 74.7 Å². The van der Waals surface area contributed by atoms with Crippen LogP contribution >= 0.6 is 0 Å².